The van der Waals surface area contributed by atoms with Gasteiger partial charge < -0.3 is 41.1 Å². The van der Waals surface area contributed by atoms with E-state index in [-0.39, 0.29) is 24.2 Å². The molecule has 0 radical (unpaired) electrons. The monoisotopic (exact) mass is 548 g/mol. The fourth-order valence-corrected chi connectivity index (χ4v) is 4.20. The van der Waals surface area contributed by atoms with Gasteiger partial charge in [-0.1, -0.05) is 0 Å². The molecular weight excluding hydrogens is 520 g/mol. The van der Waals surface area contributed by atoms with Crippen LogP contribution >= 0.6 is 0 Å². The van der Waals surface area contributed by atoms with Crippen LogP contribution in [0.25, 0.3) is 11.1 Å². The number of aliphatic hydroxyl groups excluding tert-OH is 1. The molecule has 4 aromatic rings. The maximum atomic E-state index is 13.2. The minimum absolute atomic E-state index is 0.142. The van der Waals surface area contributed by atoms with E-state index in [1.54, 1.807) is 49.1 Å². The van der Waals surface area contributed by atoms with E-state index in [4.69, 9.17) is 0 Å². The Hall–Kier alpha value is -5.07. The van der Waals surface area contributed by atoms with Gasteiger partial charge in [0.15, 0.2) is 23.0 Å². The van der Waals surface area contributed by atoms with Crippen molar-refractivity contribution in [3.05, 3.63) is 83.4 Å². The Morgan fingerprint density at radius 1 is 0.700 bits per heavy atom. The summed E-state index contributed by atoms with van der Waals surface area (Å²) >= 11 is 0. The largest absolute Gasteiger partial charge is 0.504 e. The van der Waals surface area contributed by atoms with Gasteiger partial charge in [-0.15, -0.1) is 0 Å². The third kappa shape index (κ3) is 5.98. The Labute approximate surface area is 228 Å². The van der Waals surface area contributed by atoms with Crippen LogP contribution in [0.2, 0.25) is 0 Å². The Kier molecular flexibility index (Phi) is 8.52. The molecule has 2 heterocycles. The van der Waals surface area contributed by atoms with E-state index in [0.717, 1.165) is 23.3 Å². The highest BCUT2D eigenvalue weighted by Gasteiger charge is 2.30. The number of benzene rings is 2. The fraction of sp³-hybridized carbons (Fsp3) is 0.179. The second-order valence-corrected chi connectivity index (χ2v) is 8.90. The van der Waals surface area contributed by atoms with Gasteiger partial charge in [0, 0.05) is 54.6 Å². The van der Waals surface area contributed by atoms with Crippen molar-refractivity contribution in [1.29, 1.82) is 0 Å². The van der Waals surface area contributed by atoms with Crippen molar-refractivity contribution >= 4 is 5.91 Å². The lowest BCUT2D eigenvalue weighted by Gasteiger charge is -2.22. The lowest BCUT2D eigenvalue weighted by atomic mass is 9.90. The normalized spacial score (nSPS) is 11.7. The molecule has 0 aliphatic heterocycles. The Balaban J connectivity index is 1.71. The van der Waals surface area contributed by atoms with Crippen LogP contribution in [0.5, 0.6) is 34.5 Å². The number of hydrogen-bond acceptors (Lipinski definition) is 11. The number of phenolic OH excluding ortho intramolecular Hbond substituents is 6. The van der Waals surface area contributed by atoms with E-state index in [1.165, 1.54) is 0 Å². The molecule has 12 nitrogen and oxygen atoms in total. The fourth-order valence-electron chi connectivity index (χ4n) is 4.20. The molecule has 9 N–H and O–H groups in total. The number of carbonyl (C=O) groups excluding carboxylic acids is 1. The molecule has 4 rings (SSSR count). The minimum Gasteiger partial charge on any atom is -0.504 e. The third-order valence-electron chi connectivity index (χ3n) is 6.28. The number of aromatic nitrogens is 2. The average molecular weight is 549 g/mol. The van der Waals surface area contributed by atoms with Crippen LogP contribution < -0.4 is 10.6 Å². The molecule has 0 saturated carbocycles. The highest BCUT2D eigenvalue weighted by Crippen LogP contribution is 2.53. The van der Waals surface area contributed by atoms with Crippen molar-refractivity contribution in [2.24, 2.45) is 0 Å². The zero-order valence-corrected chi connectivity index (χ0v) is 21.1. The highest BCUT2D eigenvalue weighted by atomic mass is 16.3. The van der Waals surface area contributed by atoms with Gasteiger partial charge in [-0.2, -0.15) is 0 Å². The van der Waals surface area contributed by atoms with Crippen molar-refractivity contribution in [2.45, 2.75) is 19.1 Å². The first-order chi connectivity index (χ1) is 19.2. The first-order valence-corrected chi connectivity index (χ1v) is 12.2. The summed E-state index contributed by atoms with van der Waals surface area (Å²) in [4.78, 5) is 21.1. The lowest BCUT2D eigenvalue weighted by Crippen LogP contribution is -2.27. The predicted octanol–water partition coefficient (Wildman–Crippen LogP) is 2.17. The molecule has 0 aliphatic rings. The number of aliphatic hydroxyl groups is 1. The number of aromatic hydroxyl groups is 6. The minimum atomic E-state index is -1.58. The maximum Gasteiger partial charge on any atom is 0.252 e. The number of pyridine rings is 2. The molecule has 0 bridgehead atoms. The van der Waals surface area contributed by atoms with Crippen LogP contribution in [0.4, 0.5) is 0 Å². The van der Waals surface area contributed by atoms with Crippen LogP contribution in [-0.2, 0) is 12.8 Å². The quantitative estimate of drug-likeness (QED) is 0.104. The summed E-state index contributed by atoms with van der Waals surface area (Å²) in [7, 11) is 0. The summed E-state index contributed by atoms with van der Waals surface area (Å²) < 4.78 is 0. The van der Waals surface area contributed by atoms with Crippen molar-refractivity contribution in [3.63, 3.8) is 0 Å². The van der Waals surface area contributed by atoms with E-state index in [0.29, 0.717) is 12.8 Å². The second kappa shape index (κ2) is 12.2. The molecule has 40 heavy (non-hydrogen) atoms. The molecule has 1 amide bonds. The van der Waals surface area contributed by atoms with Crippen molar-refractivity contribution < 1.29 is 40.5 Å². The number of nitrogens with one attached hydrogen (secondary N) is 2. The third-order valence-corrected chi connectivity index (χ3v) is 6.28. The predicted molar refractivity (Wildman–Crippen MR) is 143 cm³/mol. The van der Waals surface area contributed by atoms with Crippen molar-refractivity contribution in [1.82, 2.24) is 20.6 Å². The molecule has 208 valence electrons. The van der Waals surface area contributed by atoms with Gasteiger partial charge >= 0.3 is 0 Å². The number of amides is 1. The van der Waals surface area contributed by atoms with Crippen LogP contribution in [-0.4, -0.2) is 64.7 Å². The van der Waals surface area contributed by atoms with Crippen LogP contribution in [0.15, 0.2) is 61.2 Å². The molecule has 0 fully saturated rings. The molecular formula is C28H28N4O8. The summed E-state index contributed by atoms with van der Waals surface area (Å²) in [5.41, 5.74) is 0.247. The summed E-state index contributed by atoms with van der Waals surface area (Å²) in [5.74, 6) is -6.35. The first-order valence-electron chi connectivity index (χ1n) is 12.2. The van der Waals surface area contributed by atoms with Crippen LogP contribution in [0.1, 0.15) is 33.3 Å². The summed E-state index contributed by atoms with van der Waals surface area (Å²) in [6.45, 7) is 0.367. The van der Waals surface area contributed by atoms with E-state index >= 15 is 0 Å². The standard InChI is InChI=1S/C28H28N4O8/c33-19-13-17(27(39)31-11-5-15-1-7-29-8-2-15)21(25(37)23(19)35)22-18(14-20(34)24(36)26(22)38)28(40)32-12-6-16-3-9-30-10-4-16/h1-4,7-10,13-14,27,31,33-39H,5-6,11-12H2,(H,32,40). The van der Waals surface area contributed by atoms with Crippen LogP contribution in [0, 0.1) is 0 Å². The summed E-state index contributed by atoms with van der Waals surface area (Å²) in [6, 6.07) is 8.93. The first kappa shape index (κ1) is 28.0. The zero-order valence-electron chi connectivity index (χ0n) is 21.1. The summed E-state index contributed by atoms with van der Waals surface area (Å²) in [6.07, 6.45) is 5.75. The molecule has 1 unspecified atom stereocenters. The molecule has 0 aliphatic carbocycles. The average Bonchev–Trinajstić information content (AvgIpc) is 2.96. The Morgan fingerprint density at radius 2 is 1.20 bits per heavy atom. The van der Waals surface area contributed by atoms with Gasteiger partial charge in [0.05, 0.1) is 5.56 Å². The van der Waals surface area contributed by atoms with E-state index < -0.39 is 57.8 Å². The Morgan fingerprint density at radius 3 is 1.77 bits per heavy atom. The molecule has 2 aromatic heterocycles. The number of phenols is 6. The van der Waals surface area contributed by atoms with Crippen molar-refractivity contribution in [3.8, 4) is 45.6 Å². The number of carbonyl (C=O) groups is 1. The smallest absolute Gasteiger partial charge is 0.252 e. The topological polar surface area (TPSA) is 209 Å². The Bertz CT molecular complexity index is 1500. The zero-order chi connectivity index (χ0) is 28.8. The van der Waals surface area contributed by atoms with Crippen molar-refractivity contribution in [2.75, 3.05) is 13.1 Å². The van der Waals surface area contributed by atoms with Gasteiger partial charge in [0.25, 0.3) is 5.91 Å². The SMILES string of the molecule is O=C(NCCc1ccncc1)c1cc(O)c(O)c(O)c1-c1c(C(O)NCCc2ccncc2)cc(O)c(O)c1O. The molecule has 0 saturated heterocycles. The van der Waals surface area contributed by atoms with E-state index in [2.05, 4.69) is 20.6 Å². The van der Waals surface area contributed by atoms with E-state index in [1.807, 2.05) is 0 Å². The van der Waals surface area contributed by atoms with Gasteiger partial charge in [-0.25, -0.2) is 0 Å². The number of rotatable bonds is 10. The number of nitrogens with zero attached hydrogens (tertiary/aromatic N) is 2. The summed E-state index contributed by atoms with van der Waals surface area (Å²) in [5, 5.41) is 79.0. The van der Waals surface area contributed by atoms with E-state index in [9.17, 15) is 40.5 Å². The van der Waals surface area contributed by atoms with Gasteiger partial charge in [-0.3, -0.25) is 20.1 Å². The molecule has 12 heteroatoms. The maximum absolute atomic E-state index is 13.2. The highest BCUT2D eigenvalue weighted by molar-refractivity contribution is 6.05. The second-order valence-electron chi connectivity index (χ2n) is 8.90. The number of hydrogen-bond donors (Lipinski definition) is 9. The van der Waals surface area contributed by atoms with Gasteiger partial charge in [-0.05, 0) is 60.4 Å². The molecule has 1 atom stereocenters. The molecule has 0 spiro atoms. The van der Waals surface area contributed by atoms with Crippen LogP contribution in [0.3, 0.4) is 0 Å². The van der Waals surface area contributed by atoms with Gasteiger partial charge in [0.1, 0.15) is 6.23 Å². The lowest BCUT2D eigenvalue weighted by molar-refractivity contribution is 0.0953. The molecule has 2 aromatic carbocycles. The van der Waals surface area contributed by atoms with Gasteiger partial charge in [0.2, 0.25) is 11.5 Å².